The van der Waals surface area contributed by atoms with Crippen LogP contribution < -0.4 is 11.4 Å². The number of imidazole rings is 1. The van der Waals surface area contributed by atoms with E-state index in [9.17, 15) is 9.59 Å². The Hall–Kier alpha value is -6.92. The van der Waals surface area contributed by atoms with Crippen LogP contribution in [0.3, 0.4) is 0 Å². The van der Waals surface area contributed by atoms with E-state index in [1.54, 1.807) is 60.7 Å². The third kappa shape index (κ3) is 6.30. The van der Waals surface area contributed by atoms with Crippen LogP contribution in [0.15, 0.2) is 81.2 Å². The fourth-order valence-corrected chi connectivity index (χ4v) is 12.6. The maximum atomic E-state index is 16.4. The van der Waals surface area contributed by atoms with Crippen LogP contribution in [0.2, 0.25) is 0 Å². The quantitative estimate of drug-likeness (QED) is 0.168. The molecule has 16 nitrogen and oxygen atoms in total. The molecule has 1 N–H and O–H groups in total. The molecule has 1 saturated carbocycles. The molecule has 3 aliphatic heterocycles. The van der Waals surface area contributed by atoms with E-state index in [0.717, 1.165) is 42.3 Å². The van der Waals surface area contributed by atoms with Gasteiger partial charge in [0.2, 0.25) is 0 Å². The van der Waals surface area contributed by atoms with Crippen molar-refractivity contribution in [3.8, 4) is 17.2 Å². The number of halogens is 2. The van der Waals surface area contributed by atoms with E-state index in [-0.39, 0.29) is 40.2 Å². The molecule has 0 bridgehead atoms. The maximum Gasteiger partial charge on any atom is 0.438 e. The molecule has 5 aromatic heterocycles. The van der Waals surface area contributed by atoms with Crippen molar-refractivity contribution in [3.05, 3.63) is 139 Å². The van der Waals surface area contributed by atoms with Crippen LogP contribution >= 0.6 is 0 Å². The van der Waals surface area contributed by atoms with Gasteiger partial charge < -0.3 is 14.2 Å². The number of aromatic nitrogens is 9. The Morgan fingerprint density at radius 3 is 2.36 bits per heavy atom. The highest BCUT2D eigenvalue weighted by Crippen LogP contribution is 2.57. The fourth-order valence-electron chi connectivity index (χ4n) is 12.6. The van der Waals surface area contributed by atoms with Gasteiger partial charge in [0.1, 0.15) is 28.5 Å². The van der Waals surface area contributed by atoms with Crippen molar-refractivity contribution in [2.24, 2.45) is 13.0 Å². The van der Waals surface area contributed by atoms with Crippen molar-refractivity contribution < 1.29 is 22.8 Å². The molecule has 3 aromatic carbocycles. The number of amides is 1. The maximum absolute atomic E-state index is 16.4. The summed E-state index contributed by atoms with van der Waals surface area (Å²) in [7, 11) is 3.76. The molecular formula is C52H55F2N11O5. The Morgan fingerprint density at radius 1 is 0.929 bits per heavy atom. The summed E-state index contributed by atoms with van der Waals surface area (Å²) < 4.78 is 50.9. The molecule has 1 unspecified atom stereocenters. The zero-order valence-electron chi connectivity index (χ0n) is 40.5. The first kappa shape index (κ1) is 44.3. The van der Waals surface area contributed by atoms with E-state index >= 15 is 13.6 Å². The number of carbonyl (C=O) groups is 1. The van der Waals surface area contributed by atoms with Crippen LogP contribution in [-0.2, 0) is 23.7 Å². The van der Waals surface area contributed by atoms with Crippen LogP contribution in [0.4, 0.5) is 8.78 Å². The van der Waals surface area contributed by atoms with Crippen LogP contribution in [0.5, 0.6) is 0 Å². The number of benzene rings is 3. The largest absolute Gasteiger partial charge is 0.438 e. The first-order valence-electron chi connectivity index (χ1n) is 24.1. The second-order valence-corrected chi connectivity index (χ2v) is 20.9. The van der Waals surface area contributed by atoms with Gasteiger partial charge in [0, 0.05) is 55.5 Å². The number of rotatable bonds is 7. The SMILES string of the molecule is Cc1cc(-n2nc3c(c2-n2ccn(-c4ccc5c(cnn5C)c4F)c2=O)[C@H](C)N(C(=O)c2cc4cc([C@H]5CCOC(C)(C)C5)ccc4n2[C@@]2(c4noc(=O)[nH]4)C[C@@H]2C)C2(CCCN2C)C3)cc(C)c1F. The summed E-state index contributed by atoms with van der Waals surface area (Å²) in [5, 5.41) is 14.9. The third-order valence-corrected chi connectivity index (χ3v) is 16.2. The number of H-pyrrole nitrogens is 1. The molecule has 1 amide bonds. The molecule has 4 aliphatic rings. The van der Waals surface area contributed by atoms with Gasteiger partial charge in [0.15, 0.2) is 11.6 Å². The topological polar surface area (TPSA) is 159 Å². The number of likely N-dealkylation sites (tertiary alicyclic amines) is 1. The Morgan fingerprint density at radius 2 is 1.67 bits per heavy atom. The van der Waals surface area contributed by atoms with Crippen molar-refractivity contribution in [1.29, 1.82) is 0 Å². The van der Waals surface area contributed by atoms with Crippen molar-refractivity contribution in [1.82, 2.24) is 53.2 Å². The second-order valence-electron chi connectivity index (χ2n) is 20.9. The molecule has 0 radical (unpaired) electrons. The van der Waals surface area contributed by atoms with Crippen molar-refractivity contribution in [2.75, 3.05) is 20.2 Å². The number of hydrogen-bond acceptors (Lipinski definition) is 9. The smallest absolute Gasteiger partial charge is 0.376 e. The minimum atomic E-state index is -0.890. The van der Waals surface area contributed by atoms with Gasteiger partial charge in [0.05, 0.1) is 45.8 Å². The predicted octanol–water partition coefficient (Wildman–Crippen LogP) is 7.86. The number of carbonyl (C=O) groups excluding carboxylic acids is 1. The number of aromatic amines is 1. The van der Waals surface area contributed by atoms with E-state index < -0.39 is 34.5 Å². The van der Waals surface area contributed by atoms with Crippen molar-refractivity contribution in [2.45, 2.75) is 109 Å². The lowest BCUT2D eigenvalue weighted by atomic mass is 9.83. The van der Waals surface area contributed by atoms with Gasteiger partial charge in [-0.25, -0.2) is 23.1 Å². The van der Waals surface area contributed by atoms with Crippen LogP contribution in [0, 0.1) is 31.4 Å². The number of nitrogens with one attached hydrogen (secondary N) is 1. The monoisotopic (exact) mass is 951 g/mol. The molecule has 8 aromatic rings. The Balaban J connectivity index is 1.07. The van der Waals surface area contributed by atoms with E-state index in [4.69, 9.17) is 14.4 Å². The molecule has 362 valence electrons. The number of likely N-dealkylation sites (N-methyl/N-ethyl adjacent to an activating group) is 1. The van der Waals surface area contributed by atoms with Crippen LogP contribution in [-0.4, -0.2) is 90.6 Å². The number of ether oxygens (including phenoxy) is 1. The first-order valence-corrected chi connectivity index (χ1v) is 24.1. The summed E-state index contributed by atoms with van der Waals surface area (Å²) in [4.78, 5) is 51.1. The predicted molar refractivity (Wildman–Crippen MR) is 257 cm³/mol. The van der Waals surface area contributed by atoms with Gasteiger partial charge in [-0.1, -0.05) is 18.1 Å². The van der Waals surface area contributed by atoms with Crippen LogP contribution in [0.25, 0.3) is 39.0 Å². The van der Waals surface area contributed by atoms with E-state index in [1.165, 1.54) is 21.5 Å². The Bertz CT molecular complexity index is 3580. The molecule has 8 heterocycles. The van der Waals surface area contributed by atoms with Crippen molar-refractivity contribution in [3.63, 3.8) is 0 Å². The van der Waals surface area contributed by atoms with Gasteiger partial charge in [-0.2, -0.15) is 10.2 Å². The lowest BCUT2D eigenvalue weighted by Crippen LogP contribution is -2.62. The van der Waals surface area contributed by atoms with Gasteiger partial charge in [-0.05, 0) is 145 Å². The highest BCUT2D eigenvalue weighted by Gasteiger charge is 2.60. The molecule has 1 spiro atoms. The van der Waals surface area contributed by atoms with Gasteiger partial charge >= 0.3 is 11.4 Å². The summed E-state index contributed by atoms with van der Waals surface area (Å²) in [6.07, 6.45) is 8.65. The summed E-state index contributed by atoms with van der Waals surface area (Å²) in [6, 6.07) is 14.4. The van der Waals surface area contributed by atoms with Gasteiger partial charge in [-0.3, -0.25) is 33.0 Å². The summed E-state index contributed by atoms with van der Waals surface area (Å²) in [6.45, 7) is 13.0. The summed E-state index contributed by atoms with van der Waals surface area (Å²) in [5.41, 5.74) is 3.08. The number of aryl methyl sites for hydroxylation is 3. The first-order chi connectivity index (χ1) is 33.4. The fraction of sp³-hybridized carbons (Fsp3) is 0.423. The molecule has 2 saturated heterocycles. The minimum Gasteiger partial charge on any atom is -0.376 e. The molecular weight excluding hydrogens is 897 g/mol. The van der Waals surface area contributed by atoms with E-state index in [1.807, 2.05) is 24.9 Å². The average Bonchev–Trinajstić information content (AvgIpc) is 4.04. The molecule has 12 rings (SSSR count). The average molecular weight is 952 g/mol. The molecule has 18 heteroatoms. The Labute approximate surface area is 401 Å². The summed E-state index contributed by atoms with van der Waals surface area (Å²) >= 11 is 0. The lowest BCUT2D eigenvalue weighted by molar-refractivity contribution is -0.0592. The standard InChI is InChI=1S/C52H55F2N11O5/c1-28-20-35(21-29(2)43(28)53)65-45(62-18-17-61(49(62)68)40-13-12-39-36(44(40)54)27-55-60(39)8)42-31(4)63(51(26-37(42)57-65)15-9-16-59(51)7)46(66)41-23-34-22-32(33-14-19-69-50(5,6)25-33)10-11-38(34)64(41)52(24-30(52)3)47-56-48(67)70-58-47/h10-13,17-18,20-23,27,30-31,33H,9,14-16,19,24-26H2,1-8H3,(H,56,58,67)/t30-,31-,33-,51?,52-/m0/s1. The van der Waals surface area contributed by atoms with Gasteiger partial charge in [-0.15, -0.1) is 0 Å². The highest BCUT2D eigenvalue weighted by molar-refractivity contribution is 6.00. The van der Waals surface area contributed by atoms with E-state index in [0.29, 0.717) is 76.8 Å². The molecule has 70 heavy (non-hydrogen) atoms. The van der Waals surface area contributed by atoms with Crippen molar-refractivity contribution >= 4 is 27.7 Å². The summed E-state index contributed by atoms with van der Waals surface area (Å²) in [5.74, 6) is -0.930. The Kier molecular flexibility index (Phi) is 9.68. The number of nitrogens with zero attached hydrogens (tertiary/aromatic N) is 10. The lowest BCUT2D eigenvalue weighted by Gasteiger charge is -2.51. The van der Waals surface area contributed by atoms with Crippen LogP contribution in [0.1, 0.15) is 116 Å². The molecule has 5 atom stereocenters. The second kappa shape index (κ2) is 15.3. The highest BCUT2D eigenvalue weighted by atomic mass is 19.1. The van der Waals surface area contributed by atoms with Gasteiger partial charge in [0.25, 0.3) is 5.91 Å². The normalized spacial score (nSPS) is 24.4. The number of hydrogen-bond donors (Lipinski definition) is 1. The molecule has 3 fully saturated rings. The zero-order chi connectivity index (χ0) is 48.9. The molecule has 1 aliphatic carbocycles. The van der Waals surface area contributed by atoms with E-state index in [2.05, 4.69) is 63.7 Å². The zero-order valence-corrected chi connectivity index (χ0v) is 40.5. The minimum absolute atomic E-state index is 0.0214. The third-order valence-electron chi connectivity index (χ3n) is 16.2. The number of fused-ring (bicyclic) bond motifs is 3.